The van der Waals surface area contributed by atoms with Gasteiger partial charge in [-0.2, -0.15) is 9.61 Å². The van der Waals surface area contributed by atoms with Crippen LogP contribution >= 0.6 is 23.2 Å². The standard InChI is InChI=1S/C22H19Cl2N4O2/c1-11-8-17(22(30)21(11)29)26-18-6-7-25-19-10-16(27-28(18)19)20-13-5-3-2-4-12(13)14(23)9-15(20)24/h2-7,9-11,17,21-22,26,29-30H,1,8H2/t11-,17-,21-,22+/m1/s1. The lowest BCUT2D eigenvalue weighted by atomic mass is 10.0. The second-order valence-corrected chi connectivity index (χ2v) is 8.43. The molecule has 4 aromatic rings. The number of nitrogens with zero attached hydrogens (tertiary/aromatic N) is 3. The third-order valence-corrected chi connectivity index (χ3v) is 6.31. The van der Waals surface area contributed by atoms with E-state index in [4.69, 9.17) is 28.3 Å². The predicted octanol–water partition coefficient (Wildman–Crippen LogP) is 4.21. The summed E-state index contributed by atoms with van der Waals surface area (Å²) in [6.45, 7) is 3.90. The van der Waals surface area contributed by atoms with Crippen LogP contribution in [0.2, 0.25) is 10.0 Å². The molecule has 4 atom stereocenters. The first-order valence-corrected chi connectivity index (χ1v) is 10.4. The Morgan fingerprint density at radius 1 is 1.03 bits per heavy atom. The van der Waals surface area contributed by atoms with E-state index in [1.807, 2.05) is 30.3 Å². The van der Waals surface area contributed by atoms with E-state index in [1.54, 1.807) is 22.8 Å². The summed E-state index contributed by atoms with van der Waals surface area (Å²) in [7, 11) is 0. The van der Waals surface area contributed by atoms with E-state index in [1.165, 1.54) is 0 Å². The number of aliphatic hydroxyl groups is 2. The summed E-state index contributed by atoms with van der Waals surface area (Å²) >= 11 is 12.9. The number of aliphatic hydroxyl groups excluding tert-OH is 2. The molecule has 153 valence electrons. The Bertz CT molecular complexity index is 1260. The fraction of sp³-hybridized carbons (Fsp3) is 0.227. The van der Waals surface area contributed by atoms with E-state index >= 15 is 0 Å². The van der Waals surface area contributed by atoms with E-state index in [0.29, 0.717) is 33.6 Å². The van der Waals surface area contributed by atoms with Crippen LogP contribution in [0.5, 0.6) is 0 Å². The fourth-order valence-electron chi connectivity index (χ4n) is 4.14. The van der Waals surface area contributed by atoms with Crippen molar-refractivity contribution in [3.8, 4) is 11.3 Å². The molecule has 3 N–H and O–H groups in total. The maximum Gasteiger partial charge on any atom is 0.157 e. The summed E-state index contributed by atoms with van der Waals surface area (Å²) in [4.78, 5) is 4.41. The lowest BCUT2D eigenvalue weighted by Gasteiger charge is -2.19. The minimum atomic E-state index is -0.902. The predicted molar refractivity (Wildman–Crippen MR) is 119 cm³/mol. The van der Waals surface area contributed by atoms with Crippen LogP contribution in [0.4, 0.5) is 5.82 Å². The van der Waals surface area contributed by atoms with Crippen LogP contribution in [0.3, 0.4) is 0 Å². The number of nitrogens with one attached hydrogen (secondary N) is 1. The lowest BCUT2D eigenvalue weighted by molar-refractivity contribution is 0.0256. The van der Waals surface area contributed by atoms with Gasteiger partial charge in [0.1, 0.15) is 11.9 Å². The molecular weight excluding hydrogens is 423 g/mol. The van der Waals surface area contributed by atoms with Gasteiger partial charge in [-0.05, 0) is 36.8 Å². The maximum absolute atomic E-state index is 10.3. The monoisotopic (exact) mass is 441 g/mol. The third-order valence-electron chi connectivity index (χ3n) is 5.70. The smallest absolute Gasteiger partial charge is 0.157 e. The molecule has 1 radical (unpaired) electrons. The van der Waals surface area contributed by atoms with Crippen molar-refractivity contribution < 1.29 is 10.2 Å². The first kappa shape index (κ1) is 19.6. The van der Waals surface area contributed by atoms with Gasteiger partial charge in [-0.1, -0.05) is 47.5 Å². The largest absolute Gasteiger partial charge is 0.390 e. The Hall–Kier alpha value is -2.38. The first-order chi connectivity index (χ1) is 14.4. The molecule has 0 saturated heterocycles. The molecule has 0 bridgehead atoms. The zero-order chi connectivity index (χ0) is 21.0. The van der Waals surface area contributed by atoms with Gasteiger partial charge in [0.15, 0.2) is 5.65 Å². The molecule has 1 aliphatic rings. The summed E-state index contributed by atoms with van der Waals surface area (Å²) in [5.74, 6) is 0.424. The minimum absolute atomic E-state index is 0.234. The van der Waals surface area contributed by atoms with Crippen molar-refractivity contribution >= 4 is 45.4 Å². The van der Waals surface area contributed by atoms with Crippen LogP contribution in [-0.4, -0.2) is 43.1 Å². The molecule has 2 aromatic heterocycles. The average Bonchev–Trinajstić information content (AvgIpc) is 3.26. The summed E-state index contributed by atoms with van der Waals surface area (Å²) in [5, 5.41) is 31.2. The zero-order valence-corrected chi connectivity index (χ0v) is 17.3. The molecule has 8 heteroatoms. The van der Waals surface area contributed by atoms with Gasteiger partial charge in [-0.15, -0.1) is 0 Å². The third kappa shape index (κ3) is 3.11. The normalized spacial score (nSPS) is 24.0. The SMILES string of the molecule is [CH2][C@@H]1C[C@@H](Nc2ccnc3cc(-c4c(Cl)cc(Cl)c5ccccc45)nn23)[C@H](O)[C@@H]1O. The minimum Gasteiger partial charge on any atom is -0.390 e. The highest BCUT2D eigenvalue weighted by atomic mass is 35.5. The Morgan fingerprint density at radius 3 is 2.53 bits per heavy atom. The van der Waals surface area contributed by atoms with Gasteiger partial charge in [0, 0.05) is 28.2 Å². The molecular formula is C22H19Cl2N4O2. The highest BCUT2D eigenvalue weighted by molar-refractivity contribution is 6.41. The maximum atomic E-state index is 10.3. The summed E-state index contributed by atoms with van der Waals surface area (Å²) in [6, 6.07) is 12.8. The molecule has 6 nitrogen and oxygen atoms in total. The molecule has 1 aliphatic carbocycles. The lowest BCUT2D eigenvalue weighted by Crippen LogP contribution is -2.35. The molecule has 30 heavy (non-hydrogen) atoms. The van der Waals surface area contributed by atoms with Crippen molar-refractivity contribution in [1.29, 1.82) is 0 Å². The number of halogens is 2. The quantitative estimate of drug-likeness (QED) is 0.443. The van der Waals surface area contributed by atoms with Gasteiger partial charge in [0.05, 0.1) is 22.9 Å². The molecule has 0 unspecified atom stereocenters. The van der Waals surface area contributed by atoms with Crippen molar-refractivity contribution in [1.82, 2.24) is 14.6 Å². The van der Waals surface area contributed by atoms with Crippen LogP contribution in [0.15, 0.2) is 48.7 Å². The van der Waals surface area contributed by atoms with Gasteiger partial charge in [-0.25, -0.2) is 4.98 Å². The van der Waals surface area contributed by atoms with E-state index in [-0.39, 0.29) is 12.0 Å². The van der Waals surface area contributed by atoms with Crippen molar-refractivity contribution in [3.05, 3.63) is 65.6 Å². The summed E-state index contributed by atoms with van der Waals surface area (Å²) < 4.78 is 1.67. The molecule has 0 aliphatic heterocycles. The van der Waals surface area contributed by atoms with Crippen molar-refractivity contribution in [3.63, 3.8) is 0 Å². The number of rotatable bonds is 3. The second kappa shape index (κ2) is 7.39. The van der Waals surface area contributed by atoms with Crippen LogP contribution in [0.1, 0.15) is 6.42 Å². The molecule has 1 saturated carbocycles. The number of aromatic nitrogens is 3. The van der Waals surface area contributed by atoms with Gasteiger partial charge in [0.25, 0.3) is 0 Å². The highest BCUT2D eigenvalue weighted by Gasteiger charge is 2.39. The van der Waals surface area contributed by atoms with Crippen LogP contribution in [0, 0.1) is 12.8 Å². The Kier molecular flexibility index (Phi) is 4.82. The fourth-order valence-corrected chi connectivity index (χ4v) is 4.78. The number of hydrogen-bond acceptors (Lipinski definition) is 5. The molecule has 1 fully saturated rings. The summed E-state index contributed by atoms with van der Waals surface area (Å²) in [5.41, 5.74) is 2.07. The van der Waals surface area contributed by atoms with E-state index in [9.17, 15) is 10.2 Å². The highest BCUT2D eigenvalue weighted by Crippen LogP contribution is 2.39. The number of benzene rings is 2. The van der Waals surface area contributed by atoms with Gasteiger partial charge in [-0.3, -0.25) is 0 Å². The Balaban J connectivity index is 1.61. The number of fused-ring (bicyclic) bond motifs is 2. The van der Waals surface area contributed by atoms with Crippen molar-refractivity contribution in [2.45, 2.75) is 24.7 Å². The van der Waals surface area contributed by atoms with E-state index in [2.05, 4.69) is 17.2 Å². The van der Waals surface area contributed by atoms with Crippen LogP contribution < -0.4 is 5.32 Å². The number of hydrogen-bond donors (Lipinski definition) is 3. The second-order valence-electron chi connectivity index (χ2n) is 7.62. The average molecular weight is 442 g/mol. The molecule has 0 spiro atoms. The van der Waals surface area contributed by atoms with Crippen LogP contribution in [0.25, 0.3) is 27.7 Å². The Morgan fingerprint density at radius 2 is 1.80 bits per heavy atom. The topological polar surface area (TPSA) is 82.7 Å². The zero-order valence-electron chi connectivity index (χ0n) is 15.8. The van der Waals surface area contributed by atoms with Crippen molar-refractivity contribution in [2.75, 3.05) is 5.32 Å². The van der Waals surface area contributed by atoms with Gasteiger partial charge >= 0.3 is 0 Å². The van der Waals surface area contributed by atoms with Gasteiger partial charge in [0.2, 0.25) is 0 Å². The van der Waals surface area contributed by atoms with E-state index < -0.39 is 12.2 Å². The first-order valence-electron chi connectivity index (χ1n) is 9.61. The van der Waals surface area contributed by atoms with E-state index in [0.717, 1.165) is 16.3 Å². The Labute approximate surface area is 183 Å². The summed E-state index contributed by atoms with van der Waals surface area (Å²) in [6.07, 6.45) is 0.463. The molecule has 5 rings (SSSR count). The molecule has 2 heterocycles. The number of anilines is 1. The molecule has 2 aromatic carbocycles. The van der Waals surface area contributed by atoms with Crippen LogP contribution in [-0.2, 0) is 0 Å². The van der Waals surface area contributed by atoms with Gasteiger partial charge < -0.3 is 15.5 Å². The van der Waals surface area contributed by atoms with Crippen molar-refractivity contribution in [2.24, 2.45) is 5.92 Å². The molecule has 0 amide bonds.